The predicted molar refractivity (Wildman–Crippen MR) is 69.7 cm³/mol. The van der Waals surface area contributed by atoms with Gasteiger partial charge in [0.15, 0.2) is 5.69 Å². The van der Waals surface area contributed by atoms with Crippen LogP contribution in [0.3, 0.4) is 0 Å². The van der Waals surface area contributed by atoms with Gasteiger partial charge in [0.1, 0.15) is 5.88 Å². The highest BCUT2D eigenvalue weighted by Gasteiger charge is 2.13. The first-order chi connectivity index (χ1) is 8.22. The monoisotopic (exact) mass is 288 g/mol. The van der Waals surface area contributed by atoms with Gasteiger partial charge in [0.25, 0.3) is 11.8 Å². The molecular formula is C10H10Cl2N4O2. The van der Waals surface area contributed by atoms with Gasteiger partial charge in [-0.05, 0) is 6.07 Å². The van der Waals surface area contributed by atoms with Crippen LogP contribution in [0, 0.1) is 0 Å². The molecular weight excluding hydrogens is 279 g/mol. The van der Waals surface area contributed by atoms with Gasteiger partial charge in [-0.1, -0.05) is 18.2 Å². The number of para-hydroxylation sites is 1. The summed E-state index contributed by atoms with van der Waals surface area (Å²) in [7, 11) is 0. The standard InChI is InChI=1S/C10H9ClN4O2.ClH/c11-5-8(16)13-15-10(17)9-6-3-1-2-4-7(6)12-14-9;/h1-4H,5H2,(H,12,14)(H,13,16)(H,15,17);1H. The average molecular weight is 289 g/mol. The number of fused-ring (bicyclic) bond motifs is 1. The Balaban J connectivity index is 0.00000162. The number of hydrogen-bond donors (Lipinski definition) is 3. The van der Waals surface area contributed by atoms with Crippen LogP contribution in [0.15, 0.2) is 24.3 Å². The van der Waals surface area contributed by atoms with Crippen LogP contribution in [0.25, 0.3) is 10.9 Å². The van der Waals surface area contributed by atoms with Crippen LogP contribution in [-0.4, -0.2) is 27.9 Å². The number of rotatable bonds is 2. The lowest BCUT2D eigenvalue weighted by atomic mass is 10.2. The summed E-state index contributed by atoms with van der Waals surface area (Å²) in [6.07, 6.45) is 0. The Morgan fingerprint density at radius 2 is 2.00 bits per heavy atom. The van der Waals surface area contributed by atoms with E-state index in [1.165, 1.54) is 0 Å². The smallest absolute Gasteiger partial charge is 0.277 e. The van der Waals surface area contributed by atoms with E-state index in [0.717, 1.165) is 5.52 Å². The second-order valence-corrected chi connectivity index (χ2v) is 3.52. The van der Waals surface area contributed by atoms with Crippen molar-refractivity contribution in [3.05, 3.63) is 30.0 Å². The molecule has 8 heteroatoms. The molecule has 0 aliphatic heterocycles. The van der Waals surface area contributed by atoms with Crippen molar-refractivity contribution in [2.24, 2.45) is 0 Å². The molecule has 96 valence electrons. The molecule has 0 saturated carbocycles. The zero-order chi connectivity index (χ0) is 12.3. The Morgan fingerprint density at radius 3 is 2.72 bits per heavy atom. The normalized spacial score (nSPS) is 9.61. The quantitative estimate of drug-likeness (QED) is 0.569. The fourth-order valence-corrected chi connectivity index (χ4v) is 1.42. The van der Waals surface area contributed by atoms with Crippen LogP contribution in [0.1, 0.15) is 10.5 Å². The lowest BCUT2D eigenvalue weighted by Crippen LogP contribution is -2.42. The highest BCUT2D eigenvalue weighted by atomic mass is 35.5. The summed E-state index contributed by atoms with van der Waals surface area (Å²) >= 11 is 5.27. The number of aromatic nitrogens is 2. The zero-order valence-electron chi connectivity index (χ0n) is 9.07. The summed E-state index contributed by atoms with van der Waals surface area (Å²) in [5.74, 6) is -1.21. The number of amides is 2. The molecule has 2 rings (SSSR count). The third kappa shape index (κ3) is 2.91. The molecule has 0 radical (unpaired) electrons. The summed E-state index contributed by atoms with van der Waals surface area (Å²) in [5.41, 5.74) is 5.35. The molecule has 0 fully saturated rings. The number of nitrogens with one attached hydrogen (secondary N) is 3. The van der Waals surface area contributed by atoms with E-state index in [-0.39, 0.29) is 24.0 Å². The first-order valence-electron chi connectivity index (χ1n) is 4.80. The molecule has 2 aromatic rings. The maximum absolute atomic E-state index is 11.7. The van der Waals surface area contributed by atoms with Crippen LogP contribution < -0.4 is 10.9 Å². The third-order valence-electron chi connectivity index (χ3n) is 2.12. The van der Waals surface area contributed by atoms with Crippen LogP contribution in [0.4, 0.5) is 0 Å². The number of H-pyrrole nitrogens is 1. The minimum Gasteiger partial charge on any atom is -0.277 e. The Labute approximate surface area is 113 Å². The zero-order valence-corrected chi connectivity index (χ0v) is 10.6. The van der Waals surface area contributed by atoms with E-state index in [2.05, 4.69) is 21.0 Å². The second kappa shape index (κ2) is 6.23. The Bertz CT molecular complexity index is 570. The lowest BCUT2D eigenvalue weighted by Gasteiger charge is -2.03. The van der Waals surface area contributed by atoms with Gasteiger partial charge in [0.05, 0.1) is 5.52 Å². The maximum atomic E-state index is 11.7. The average Bonchev–Trinajstić information content (AvgIpc) is 2.79. The van der Waals surface area contributed by atoms with Gasteiger partial charge in [-0.15, -0.1) is 24.0 Å². The number of alkyl halides is 1. The topological polar surface area (TPSA) is 86.9 Å². The summed E-state index contributed by atoms with van der Waals surface area (Å²) < 4.78 is 0. The van der Waals surface area contributed by atoms with Gasteiger partial charge in [0, 0.05) is 5.39 Å². The van der Waals surface area contributed by atoms with E-state index in [0.29, 0.717) is 5.39 Å². The molecule has 0 aliphatic rings. The number of hydrogen-bond acceptors (Lipinski definition) is 3. The van der Waals surface area contributed by atoms with Crippen molar-refractivity contribution < 1.29 is 9.59 Å². The summed E-state index contributed by atoms with van der Waals surface area (Å²) in [6.45, 7) is 0. The molecule has 1 aromatic carbocycles. The van der Waals surface area contributed by atoms with Crippen molar-refractivity contribution in [2.75, 3.05) is 5.88 Å². The van der Waals surface area contributed by atoms with E-state index in [1.54, 1.807) is 18.2 Å². The van der Waals surface area contributed by atoms with E-state index in [9.17, 15) is 9.59 Å². The molecule has 6 nitrogen and oxygen atoms in total. The number of nitrogens with zero attached hydrogens (tertiary/aromatic N) is 1. The molecule has 0 saturated heterocycles. The molecule has 0 unspecified atom stereocenters. The number of aromatic amines is 1. The van der Waals surface area contributed by atoms with Crippen molar-refractivity contribution in [2.45, 2.75) is 0 Å². The highest BCUT2D eigenvalue weighted by Crippen LogP contribution is 2.14. The van der Waals surface area contributed by atoms with Crippen LogP contribution in [0.5, 0.6) is 0 Å². The van der Waals surface area contributed by atoms with E-state index in [4.69, 9.17) is 11.6 Å². The Morgan fingerprint density at radius 1 is 1.28 bits per heavy atom. The Hall–Kier alpha value is -1.79. The van der Waals surface area contributed by atoms with Crippen molar-refractivity contribution in [1.82, 2.24) is 21.0 Å². The second-order valence-electron chi connectivity index (χ2n) is 3.25. The Kier molecular flexibility index (Phi) is 4.94. The lowest BCUT2D eigenvalue weighted by molar-refractivity contribution is -0.119. The van der Waals surface area contributed by atoms with Gasteiger partial charge < -0.3 is 0 Å². The van der Waals surface area contributed by atoms with Crippen molar-refractivity contribution in [3.63, 3.8) is 0 Å². The number of hydrazine groups is 1. The molecule has 0 aliphatic carbocycles. The van der Waals surface area contributed by atoms with Crippen LogP contribution in [0.2, 0.25) is 0 Å². The summed E-state index contributed by atoms with van der Waals surface area (Å²) in [6, 6.07) is 7.19. The van der Waals surface area contributed by atoms with Crippen molar-refractivity contribution in [1.29, 1.82) is 0 Å². The van der Waals surface area contributed by atoms with Crippen molar-refractivity contribution >= 4 is 46.7 Å². The number of halogens is 2. The minimum atomic E-state index is -0.499. The largest absolute Gasteiger partial charge is 0.290 e. The van der Waals surface area contributed by atoms with Crippen LogP contribution >= 0.6 is 24.0 Å². The maximum Gasteiger partial charge on any atom is 0.290 e. The number of carbonyl (C=O) groups excluding carboxylic acids is 2. The van der Waals surface area contributed by atoms with Gasteiger partial charge in [0.2, 0.25) is 0 Å². The number of carbonyl (C=O) groups is 2. The molecule has 0 atom stereocenters. The van der Waals surface area contributed by atoms with Crippen molar-refractivity contribution in [3.8, 4) is 0 Å². The van der Waals surface area contributed by atoms with E-state index < -0.39 is 11.8 Å². The van der Waals surface area contributed by atoms with Gasteiger partial charge in [-0.25, -0.2) is 0 Å². The molecule has 3 N–H and O–H groups in total. The SMILES string of the molecule is Cl.O=C(CCl)NNC(=O)c1n[nH]c2ccccc12. The van der Waals surface area contributed by atoms with E-state index in [1.807, 2.05) is 6.07 Å². The predicted octanol–water partition coefficient (Wildman–Crippen LogP) is 0.984. The van der Waals surface area contributed by atoms with Gasteiger partial charge >= 0.3 is 0 Å². The van der Waals surface area contributed by atoms with Gasteiger partial charge in [-0.2, -0.15) is 5.10 Å². The molecule has 0 spiro atoms. The molecule has 18 heavy (non-hydrogen) atoms. The van der Waals surface area contributed by atoms with Gasteiger partial charge in [-0.3, -0.25) is 25.5 Å². The molecule has 1 aromatic heterocycles. The molecule has 2 amide bonds. The third-order valence-corrected chi connectivity index (χ3v) is 2.36. The van der Waals surface area contributed by atoms with E-state index >= 15 is 0 Å². The highest BCUT2D eigenvalue weighted by molar-refractivity contribution is 6.27. The fraction of sp³-hybridized carbons (Fsp3) is 0.100. The molecule has 1 heterocycles. The fourth-order valence-electron chi connectivity index (χ4n) is 1.36. The summed E-state index contributed by atoms with van der Waals surface area (Å²) in [4.78, 5) is 22.6. The van der Waals surface area contributed by atoms with Crippen LogP contribution in [-0.2, 0) is 4.79 Å². The first-order valence-corrected chi connectivity index (χ1v) is 5.34. The number of benzene rings is 1. The minimum absolute atomic E-state index is 0. The molecule has 0 bridgehead atoms. The summed E-state index contributed by atoms with van der Waals surface area (Å²) in [5, 5.41) is 7.28. The first kappa shape index (κ1) is 14.3.